The number of hydrogen-bond donors (Lipinski definition) is 0. The van der Waals surface area contributed by atoms with Crippen molar-refractivity contribution in [2.75, 3.05) is 45.9 Å². The van der Waals surface area contributed by atoms with E-state index in [1.54, 1.807) is 0 Å². The zero-order valence-corrected chi connectivity index (χ0v) is 14.2. The maximum atomic E-state index is 5.63. The van der Waals surface area contributed by atoms with Crippen LogP contribution in [0.4, 0.5) is 0 Å². The van der Waals surface area contributed by atoms with E-state index in [0.29, 0.717) is 5.54 Å². The van der Waals surface area contributed by atoms with Gasteiger partial charge in [-0.1, -0.05) is 31.6 Å². The Morgan fingerprint density at radius 2 is 1.86 bits per heavy atom. The van der Waals surface area contributed by atoms with Gasteiger partial charge in [0.1, 0.15) is 0 Å². The van der Waals surface area contributed by atoms with Crippen molar-refractivity contribution in [2.24, 2.45) is 0 Å². The second kappa shape index (κ2) is 7.76. The number of ether oxygens (including phenoxy) is 1. The van der Waals surface area contributed by atoms with Crippen molar-refractivity contribution in [1.29, 1.82) is 0 Å². The summed E-state index contributed by atoms with van der Waals surface area (Å²) in [5.41, 5.74) is 1.96. The van der Waals surface area contributed by atoms with Gasteiger partial charge in [-0.3, -0.25) is 9.80 Å². The number of allylic oxidation sites excluding steroid dienone is 2. The predicted molar refractivity (Wildman–Crippen MR) is 92.2 cm³/mol. The van der Waals surface area contributed by atoms with Crippen molar-refractivity contribution < 1.29 is 4.74 Å². The molecule has 0 radical (unpaired) electrons. The molecule has 0 saturated carbocycles. The highest BCUT2D eigenvalue weighted by Crippen LogP contribution is 2.33. The average molecular weight is 304 g/mol. The van der Waals surface area contributed by atoms with Crippen LogP contribution in [0.3, 0.4) is 0 Å². The minimum absolute atomic E-state index is 0.434. The van der Waals surface area contributed by atoms with Crippen LogP contribution in [0.2, 0.25) is 0 Å². The van der Waals surface area contributed by atoms with Gasteiger partial charge >= 0.3 is 0 Å². The van der Waals surface area contributed by atoms with Crippen LogP contribution in [-0.2, 0) is 4.74 Å². The maximum absolute atomic E-state index is 5.63. The molecule has 0 spiro atoms. The third-order valence-electron chi connectivity index (χ3n) is 5.66. The number of nitrogens with zero attached hydrogens (tertiary/aromatic N) is 2. The first-order valence-corrected chi connectivity index (χ1v) is 9.23. The Kier molecular flexibility index (Phi) is 5.72. The zero-order valence-electron chi connectivity index (χ0n) is 14.2. The second-order valence-electron chi connectivity index (χ2n) is 7.11. The molecule has 0 aromatic rings. The molecule has 0 amide bonds. The largest absolute Gasteiger partial charge is 0.381 e. The summed E-state index contributed by atoms with van der Waals surface area (Å²) in [5, 5.41) is 0. The molecule has 0 unspecified atom stereocenters. The van der Waals surface area contributed by atoms with Crippen molar-refractivity contribution in [3.8, 4) is 0 Å². The third-order valence-corrected chi connectivity index (χ3v) is 5.66. The molecule has 0 aromatic carbocycles. The van der Waals surface area contributed by atoms with Gasteiger partial charge in [-0.2, -0.15) is 0 Å². The topological polar surface area (TPSA) is 15.7 Å². The molecule has 3 heteroatoms. The van der Waals surface area contributed by atoms with E-state index in [1.165, 1.54) is 70.3 Å². The summed E-state index contributed by atoms with van der Waals surface area (Å²) < 4.78 is 5.63. The number of rotatable bonds is 5. The number of piperazine rings is 1. The van der Waals surface area contributed by atoms with Crippen molar-refractivity contribution in [3.63, 3.8) is 0 Å². The Bertz CT molecular complexity index is 396. The first kappa shape index (κ1) is 16.2. The molecule has 1 aliphatic carbocycles. The van der Waals surface area contributed by atoms with Gasteiger partial charge in [0.05, 0.1) is 0 Å². The van der Waals surface area contributed by atoms with Crippen LogP contribution in [0, 0.1) is 0 Å². The van der Waals surface area contributed by atoms with E-state index >= 15 is 0 Å². The van der Waals surface area contributed by atoms with E-state index in [1.807, 2.05) is 0 Å². The summed E-state index contributed by atoms with van der Waals surface area (Å²) in [7, 11) is 0. The van der Waals surface area contributed by atoms with E-state index in [0.717, 1.165) is 19.8 Å². The van der Waals surface area contributed by atoms with Gasteiger partial charge in [-0.25, -0.2) is 0 Å². The summed E-state index contributed by atoms with van der Waals surface area (Å²) in [4.78, 5) is 5.43. The lowest BCUT2D eigenvalue weighted by Gasteiger charge is -2.50. The van der Waals surface area contributed by atoms with Gasteiger partial charge in [0.15, 0.2) is 0 Å². The zero-order chi connectivity index (χ0) is 15.3. The quantitative estimate of drug-likeness (QED) is 0.775. The third kappa shape index (κ3) is 3.81. The minimum atomic E-state index is 0.434. The fraction of sp³-hybridized carbons (Fsp3) is 0.789. The molecule has 2 fully saturated rings. The smallest absolute Gasteiger partial charge is 0.0483 e. The van der Waals surface area contributed by atoms with Gasteiger partial charge in [0, 0.05) is 51.5 Å². The molecule has 0 aromatic heterocycles. The van der Waals surface area contributed by atoms with Crippen LogP contribution >= 0.6 is 0 Å². The number of hydrogen-bond acceptors (Lipinski definition) is 3. The summed E-state index contributed by atoms with van der Waals surface area (Å²) in [5.74, 6) is 0. The molecule has 124 valence electrons. The Labute approximate surface area is 136 Å². The summed E-state index contributed by atoms with van der Waals surface area (Å²) in [6.45, 7) is 10.3. The first-order chi connectivity index (χ1) is 10.8. The Morgan fingerprint density at radius 1 is 1.09 bits per heavy atom. The molecule has 2 saturated heterocycles. The predicted octanol–water partition coefficient (Wildman–Crippen LogP) is 3.23. The Hall–Kier alpha value is -0.640. The lowest BCUT2D eigenvalue weighted by Crippen LogP contribution is -2.59. The highest BCUT2D eigenvalue weighted by Gasteiger charge is 2.38. The van der Waals surface area contributed by atoms with Crippen LogP contribution in [0.25, 0.3) is 0 Å². The molecular formula is C19H32N2O. The van der Waals surface area contributed by atoms with Gasteiger partial charge in [0.25, 0.3) is 0 Å². The molecule has 3 nitrogen and oxygen atoms in total. The Morgan fingerprint density at radius 3 is 2.50 bits per heavy atom. The minimum Gasteiger partial charge on any atom is -0.381 e. The highest BCUT2D eigenvalue weighted by atomic mass is 16.5. The van der Waals surface area contributed by atoms with Gasteiger partial charge in [-0.15, -0.1) is 0 Å². The van der Waals surface area contributed by atoms with Crippen LogP contribution in [0.15, 0.2) is 23.8 Å². The molecule has 3 rings (SSSR count). The van der Waals surface area contributed by atoms with Gasteiger partial charge < -0.3 is 4.74 Å². The van der Waals surface area contributed by atoms with Gasteiger partial charge in [-0.05, 0) is 37.7 Å². The van der Waals surface area contributed by atoms with E-state index in [-0.39, 0.29) is 0 Å². The highest BCUT2D eigenvalue weighted by molar-refractivity contribution is 5.23. The van der Waals surface area contributed by atoms with E-state index in [2.05, 4.69) is 35.0 Å². The standard InChI is InChI=1S/C19H32N2O/c1-2-8-19(9-15-22-16-10-19)21-13-11-20(12-14-21)17-18-6-4-3-5-7-18/h4,6-7H,2-3,5,8-17H2,1H3. The van der Waals surface area contributed by atoms with Crippen LogP contribution in [-0.4, -0.2) is 61.3 Å². The van der Waals surface area contributed by atoms with Gasteiger partial charge in [0.2, 0.25) is 0 Å². The monoisotopic (exact) mass is 304 g/mol. The normalized spacial score (nSPS) is 26.9. The Balaban J connectivity index is 1.53. The van der Waals surface area contributed by atoms with Crippen LogP contribution in [0.5, 0.6) is 0 Å². The lowest BCUT2D eigenvalue weighted by molar-refractivity contribution is -0.0507. The molecule has 0 bridgehead atoms. The SMILES string of the molecule is CCCC1(N2CCN(CC3=CCCC=C3)CC2)CCOCC1. The average Bonchev–Trinajstić information content (AvgIpc) is 2.57. The van der Waals surface area contributed by atoms with Crippen molar-refractivity contribution in [3.05, 3.63) is 23.8 Å². The lowest BCUT2D eigenvalue weighted by atomic mass is 9.83. The molecule has 3 aliphatic rings. The molecular weight excluding hydrogens is 272 g/mol. The first-order valence-electron chi connectivity index (χ1n) is 9.23. The molecule has 2 aliphatic heterocycles. The fourth-order valence-electron chi connectivity index (χ4n) is 4.36. The molecule has 0 atom stereocenters. The molecule has 2 heterocycles. The second-order valence-corrected chi connectivity index (χ2v) is 7.11. The van der Waals surface area contributed by atoms with E-state index in [4.69, 9.17) is 4.74 Å². The summed E-state index contributed by atoms with van der Waals surface area (Å²) >= 11 is 0. The summed E-state index contributed by atoms with van der Waals surface area (Å²) in [6.07, 6.45) is 14.6. The molecule has 0 N–H and O–H groups in total. The van der Waals surface area contributed by atoms with E-state index < -0.39 is 0 Å². The maximum Gasteiger partial charge on any atom is 0.0483 e. The van der Waals surface area contributed by atoms with E-state index in [9.17, 15) is 0 Å². The summed E-state index contributed by atoms with van der Waals surface area (Å²) in [6, 6.07) is 0. The van der Waals surface area contributed by atoms with Crippen LogP contribution < -0.4 is 0 Å². The van der Waals surface area contributed by atoms with Crippen molar-refractivity contribution in [2.45, 2.75) is 51.0 Å². The van der Waals surface area contributed by atoms with Crippen molar-refractivity contribution >= 4 is 0 Å². The molecule has 22 heavy (non-hydrogen) atoms. The van der Waals surface area contributed by atoms with Crippen molar-refractivity contribution in [1.82, 2.24) is 9.80 Å². The fourth-order valence-corrected chi connectivity index (χ4v) is 4.36. The van der Waals surface area contributed by atoms with Crippen LogP contribution in [0.1, 0.15) is 45.4 Å².